The van der Waals surface area contributed by atoms with Gasteiger partial charge in [0.1, 0.15) is 11.4 Å². The van der Waals surface area contributed by atoms with Gasteiger partial charge < -0.3 is 10.1 Å². The number of hydrogen-bond acceptors (Lipinski definition) is 4. The molecule has 1 atom stereocenters. The van der Waals surface area contributed by atoms with E-state index < -0.39 is 0 Å². The molecule has 5 nitrogen and oxygen atoms in total. The largest absolute Gasteiger partial charge is 0.482 e. The Hall–Kier alpha value is -1.91. The van der Waals surface area contributed by atoms with Crippen molar-refractivity contribution in [2.75, 3.05) is 6.61 Å². The fourth-order valence-corrected chi connectivity index (χ4v) is 1.52. The standard InChI is InChI=1S/C13H18N2O3/c1-3-4-10(2)15-13(17)9-18-12-6-5-11(8-16)14-7-12/h5-8,10H,3-4,9H2,1-2H3,(H,15,17). The fourth-order valence-electron chi connectivity index (χ4n) is 1.52. The van der Waals surface area contributed by atoms with E-state index in [1.807, 2.05) is 6.92 Å². The molecule has 1 heterocycles. The molecule has 0 radical (unpaired) electrons. The predicted molar refractivity (Wildman–Crippen MR) is 67.6 cm³/mol. The zero-order valence-corrected chi connectivity index (χ0v) is 10.7. The summed E-state index contributed by atoms with van der Waals surface area (Å²) in [4.78, 5) is 25.8. The molecule has 0 saturated carbocycles. The van der Waals surface area contributed by atoms with Gasteiger partial charge in [-0.15, -0.1) is 0 Å². The lowest BCUT2D eigenvalue weighted by molar-refractivity contribution is -0.123. The van der Waals surface area contributed by atoms with Crippen LogP contribution in [0.2, 0.25) is 0 Å². The minimum Gasteiger partial charge on any atom is -0.482 e. The summed E-state index contributed by atoms with van der Waals surface area (Å²) < 4.78 is 5.26. The van der Waals surface area contributed by atoms with Crippen LogP contribution in [0.15, 0.2) is 18.3 Å². The van der Waals surface area contributed by atoms with Crippen molar-refractivity contribution in [3.8, 4) is 5.75 Å². The Morgan fingerprint density at radius 1 is 1.56 bits per heavy atom. The molecule has 0 fully saturated rings. The van der Waals surface area contributed by atoms with Crippen LogP contribution in [-0.4, -0.2) is 29.8 Å². The van der Waals surface area contributed by atoms with E-state index in [2.05, 4.69) is 17.2 Å². The summed E-state index contributed by atoms with van der Waals surface area (Å²) >= 11 is 0. The van der Waals surface area contributed by atoms with Crippen LogP contribution in [0, 0.1) is 0 Å². The number of hydrogen-bond donors (Lipinski definition) is 1. The van der Waals surface area contributed by atoms with Gasteiger partial charge in [-0.3, -0.25) is 9.59 Å². The van der Waals surface area contributed by atoms with Crippen LogP contribution in [-0.2, 0) is 4.79 Å². The third-order valence-corrected chi connectivity index (χ3v) is 2.38. The van der Waals surface area contributed by atoms with Crippen LogP contribution in [0.5, 0.6) is 5.75 Å². The molecule has 18 heavy (non-hydrogen) atoms. The lowest BCUT2D eigenvalue weighted by atomic mass is 10.2. The van der Waals surface area contributed by atoms with Crippen molar-refractivity contribution in [1.82, 2.24) is 10.3 Å². The van der Waals surface area contributed by atoms with Crippen molar-refractivity contribution in [1.29, 1.82) is 0 Å². The van der Waals surface area contributed by atoms with E-state index in [4.69, 9.17) is 4.74 Å². The van der Waals surface area contributed by atoms with Gasteiger partial charge in [-0.05, 0) is 25.5 Å². The summed E-state index contributed by atoms with van der Waals surface area (Å²) in [6.07, 6.45) is 4.05. The van der Waals surface area contributed by atoms with Crippen molar-refractivity contribution in [3.63, 3.8) is 0 Å². The summed E-state index contributed by atoms with van der Waals surface area (Å²) in [5.41, 5.74) is 0.336. The molecule has 0 aliphatic heterocycles. The monoisotopic (exact) mass is 250 g/mol. The first kappa shape index (κ1) is 14.2. The summed E-state index contributed by atoms with van der Waals surface area (Å²) in [7, 11) is 0. The van der Waals surface area contributed by atoms with Crippen LogP contribution in [0.25, 0.3) is 0 Å². The highest BCUT2D eigenvalue weighted by atomic mass is 16.5. The van der Waals surface area contributed by atoms with Gasteiger partial charge in [-0.25, -0.2) is 4.98 Å². The Morgan fingerprint density at radius 2 is 2.33 bits per heavy atom. The topological polar surface area (TPSA) is 68.3 Å². The van der Waals surface area contributed by atoms with E-state index in [0.29, 0.717) is 17.7 Å². The van der Waals surface area contributed by atoms with Gasteiger partial charge in [-0.2, -0.15) is 0 Å². The molecular weight excluding hydrogens is 232 g/mol. The van der Waals surface area contributed by atoms with Crippen LogP contribution in [0.3, 0.4) is 0 Å². The Bertz CT molecular complexity index is 390. The maximum absolute atomic E-state index is 11.5. The molecule has 0 aromatic carbocycles. The second-order valence-corrected chi connectivity index (χ2v) is 4.08. The highest BCUT2D eigenvalue weighted by molar-refractivity contribution is 5.77. The number of nitrogens with zero attached hydrogens (tertiary/aromatic N) is 1. The normalized spacial score (nSPS) is 11.7. The number of pyridine rings is 1. The fraction of sp³-hybridized carbons (Fsp3) is 0.462. The molecule has 0 spiro atoms. The van der Waals surface area contributed by atoms with Crippen molar-refractivity contribution < 1.29 is 14.3 Å². The van der Waals surface area contributed by atoms with E-state index in [1.165, 1.54) is 6.20 Å². The zero-order chi connectivity index (χ0) is 13.4. The number of amides is 1. The maximum Gasteiger partial charge on any atom is 0.258 e. The minimum atomic E-state index is -0.157. The highest BCUT2D eigenvalue weighted by Gasteiger charge is 2.07. The molecule has 0 aliphatic carbocycles. The van der Waals surface area contributed by atoms with Gasteiger partial charge in [-0.1, -0.05) is 13.3 Å². The average Bonchev–Trinajstić information content (AvgIpc) is 2.37. The van der Waals surface area contributed by atoms with Crippen LogP contribution in [0.4, 0.5) is 0 Å². The molecular formula is C13H18N2O3. The lowest BCUT2D eigenvalue weighted by Crippen LogP contribution is -2.35. The van der Waals surface area contributed by atoms with Crippen molar-refractivity contribution in [2.24, 2.45) is 0 Å². The Morgan fingerprint density at radius 3 is 2.89 bits per heavy atom. The van der Waals surface area contributed by atoms with Gasteiger partial charge in [0.15, 0.2) is 12.9 Å². The highest BCUT2D eigenvalue weighted by Crippen LogP contribution is 2.07. The van der Waals surface area contributed by atoms with Gasteiger partial charge in [0.05, 0.1) is 6.20 Å². The number of rotatable bonds is 7. The lowest BCUT2D eigenvalue weighted by Gasteiger charge is -2.13. The number of carbonyl (C=O) groups is 2. The third kappa shape index (κ3) is 4.95. The van der Waals surface area contributed by atoms with Gasteiger partial charge in [0.25, 0.3) is 5.91 Å². The Kier molecular flexibility index (Phi) is 5.84. The molecule has 1 amide bonds. The van der Waals surface area contributed by atoms with Crippen molar-refractivity contribution >= 4 is 12.2 Å². The second kappa shape index (κ2) is 7.42. The molecule has 0 aliphatic rings. The van der Waals surface area contributed by atoms with E-state index in [-0.39, 0.29) is 18.6 Å². The van der Waals surface area contributed by atoms with Gasteiger partial charge >= 0.3 is 0 Å². The van der Waals surface area contributed by atoms with Crippen LogP contribution in [0.1, 0.15) is 37.2 Å². The number of nitrogens with one attached hydrogen (secondary N) is 1. The summed E-state index contributed by atoms with van der Waals surface area (Å²) in [6.45, 7) is 3.98. The van der Waals surface area contributed by atoms with E-state index in [0.717, 1.165) is 12.8 Å². The first-order chi connectivity index (χ1) is 8.65. The van der Waals surface area contributed by atoms with Crippen molar-refractivity contribution in [2.45, 2.75) is 32.7 Å². The number of ether oxygens (including phenoxy) is 1. The average molecular weight is 250 g/mol. The molecule has 1 aromatic heterocycles. The molecule has 1 rings (SSSR count). The number of carbonyl (C=O) groups excluding carboxylic acids is 2. The molecule has 1 aromatic rings. The Balaban J connectivity index is 2.35. The van der Waals surface area contributed by atoms with E-state index >= 15 is 0 Å². The van der Waals surface area contributed by atoms with Crippen molar-refractivity contribution in [3.05, 3.63) is 24.0 Å². The Labute approximate surface area is 107 Å². The van der Waals surface area contributed by atoms with E-state index in [9.17, 15) is 9.59 Å². The molecule has 5 heteroatoms. The summed E-state index contributed by atoms with van der Waals surface area (Å²) in [6, 6.07) is 3.31. The summed E-state index contributed by atoms with van der Waals surface area (Å²) in [5, 5.41) is 2.83. The van der Waals surface area contributed by atoms with Gasteiger partial charge in [0, 0.05) is 6.04 Å². The first-order valence-electron chi connectivity index (χ1n) is 5.99. The number of aldehydes is 1. The molecule has 0 saturated heterocycles. The molecule has 1 unspecified atom stereocenters. The third-order valence-electron chi connectivity index (χ3n) is 2.38. The predicted octanol–water partition coefficient (Wildman–Crippen LogP) is 1.58. The first-order valence-corrected chi connectivity index (χ1v) is 5.99. The zero-order valence-electron chi connectivity index (χ0n) is 10.7. The minimum absolute atomic E-state index is 0.0455. The quantitative estimate of drug-likeness (QED) is 0.746. The van der Waals surface area contributed by atoms with Crippen LogP contribution >= 0.6 is 0 Å². The molecule has 1 N–H and O–H groups in total. The van der Waals surface area contributed by atoms with Gasteiger partial charge in [0.2, 0.25) is 0 Å². The molecule has 98 valence electrons. The van der Waals surface area contributed by atoms with Crippen LogP contribution < -0.4 is 10.1 Å². The second-order valence-electron chi connectivity index (χ2n) is 4.08. The van der Waals surface area contributed by atoms with E-state index in [1.54, 1.807) is 12.1 Å². The maximum atomic E-state index is 11.5. The summed E-state index contributed by atoms with van der Waals surface area (Å²) in [5.74, 6) is 0.314. The SMILES string of the molecule is CCCC(C)NC(=O)COc1ccc(C=O)nc1. The number of aromatic nitrogens is 1. The smallest absolute Gasteiger partial charge is 0.258 e. The molecule has 0 bridgehead atoms.